The Kier molecular flexibility index (Phi) is 6.50. The molecular formula is C17H20ClNO4. The number of rotatable bonds is 8. The molecule has 23 heavy (non-hydrogen) atoms. The van der Waals surface area contributed by atoms with Crippen LogP contribution in [0.15, 0.2) is 34.7 Å². The van der Waals surface area contributed by atoms with Gasteiger partial charge in [0.1, 0.15) is 18.1 Å². The van der Waals surface area contributed by atoms with Crippen molar-refractivity contribution in [3.05, 3.63) is 52.4 Å². The minimum Gasteiger partial charge on any atom is -0.486 e. The van der Waals surface area contributed by atoms with Crippen molar-refractivity contribution in [2.75, 3.05) is 20.3 Å². The molecule has 0 fully saturated rings. The molecule has 2 aromatic rings. The quantitative estimate of drug-likeness (QED) is 0.748. The van der Waals surface area contributed by atoms with Crippen molar-refractivity contribution in [1.29, 1.82) is 0 Å². The zero-order chi connectivity index (χ0) is 16.7. The highest BCUT2D eigenvalue weighted by atomic mass is 35.5. The van der Waals surface area contributed by atoms with Gasteiger partial charge in [-0.25, -0.2) is 0 Å². The monoisotopic (exact) mass is 337 g/mol. The highest BCUT2D eigenvalue weighted by Crippen LogP contribution is 2.22. The minimum atomic E-state index is -0.241. The van der Waals surface area contributed by atoms with Crippen molar-refractivity contribution >= 4 is 17.5 Å². The molecular weight excluding hydrogens is 318 g/mol. The van der Waals surface area contributed by atoms with Crippen LogP contribution in [0.25, 0.3) is 0 Å². The number of benzene rings is 1. The second-order valence-corrected chi connectivity index (χ2v) is 5.48. The molecule has 0 aliphatic carbocycles. The molecule has 6 heteroatoms. The molecule has 1 N–H and O–H groups in total. The molecule has 1 amide bonds. The number of halogens is 1. The van der Waals surface area contributed by atoms with Crippen LogP contribution in [0.5, 0.6) is 5.75 Å². The fourth-order valence-corrected chi connectivity index (χ4v) is 2.06. The summed E-state index contributed by atoms with van der Waals surface area (Å²) in [4.78, 5) is 11.9. The summed E-state index contributed by atoms with van der Waals surface area (Å²) in [5, 5.41) is 3.46. The molecule has 5 nitrogen and oxygen atoms in total. The Labute approximate surface area is 140 Å². The van der Waals surface area contributed by atoms with Gasteiger partial charge in [0.15, 0.2) is 5.76 Å². The summed E-state index contributed by atoms with van der Waals surface area (Å²) in [5.41, 5.74) is 0.944. The van der Waals surface area contributed by atoms with Gasteiger partial charge < -0.3 is 19.2 Å². The molecule has 0 radical (unpaired) electrons. The average molecular weight is 338 g/mol. The summed E-state index contributed by atoms with van der Waals surface area (Å²) < 4.78 is 16.0. The molecule has 124 valence electrons. The van der Waals surface area contributed by atoms with Gasteiger partial charge in [0.2, 0.25) is 0 Å². The van der Waals surface area contributed by atoms with E-state index in [0.29, 0.717) is 29.7 Å². The maximum Gasteiger partial charge on any atom is 0.286 e. The van der Waals surface area contributed by atoms with Crippen LogP contribution in [-0.4, -0.2) is 26.2 Å². The Balaban J connectivity index is 1.84. The van der Waals surface area contributed by atoms with E-state index in [2.05, 4.69) is 5.32 Å². The first-order chi connectivity index (χ1) is 11.1. The number of ether oxygens (including phenoxy) is 2. The lowest BCUT2D eigenvalue weighted by molar-refractivity contribution is 0.0917. The van der Waals surface area contributed by atoms with E-state index in [4.69, 9.17) is 25.5 Å². The minimum absolute atomic E-state index is 0.241. The van der Waals surface area contributed by atoms with Gasteiger partial charge in [0, 0.05) is 25.3 Å². The summed E-state index contributed by atoms with van der Waals surface area (Å²) >= 11 is 5.97. The maximum atomic E-state index is 11.9. The van der Waals surface area contributed by atoms with Crippen LogP contribution in [0, 0.1) is 6.92 Å². The van der Waals surface area contributed by atoms with E-state index in [0.717, 1.165) is 12.0 Å². The number of methoxy groups -OCH3 is 1. The first kappa shape index (κ1) is 17.4. The summed E-state index contributed by atoms with van der Waals surface area (Å²) in [6, 6.07) is 8.80. The van der Waals surface area contributed by atoms with Crippen molar-refractivity contribution in [3.63, 3.8) is 0 Å². The molecule has 0 saturated carbocycles. The van der Waals surface area contributed by atoms with Gasteiger partial charge in [0.25, 0.3) is 5.91 Å². The predicted octanol–water partition coefficient (Wildman–Crippen LogP) is 3.59. The zero-order valence-corrected chi connectivity index (χ0v) is 14.0. The maximum absolute atomic E-state index is 11.9. The Morgan fingerprint density at radius 2 is 2.13 bits per heavy atom. The molecule has 0 aliphatic rings. The molecule has 0 unspecified atom stereocenters. The fraction of sp³-hybridized carbons (Fsp3) is 0.353. The van der Waals surface area contributed by atoms with Gasteiger partial charge in [-0.3, -0.25) is 4.79 Å². The summed E-state index contributed by atoms with van der Waals surface area (Å²) in [6.07, 6.45) is 0.759. The standard InChI is InChI=1S/C17H20ClNO4/c1-12-10-13(4-6-15(12)18)22-11-14-5-7-16(23-14)17(20)19-8-3-9-21-2/h4-7,10H,3,8-9,11H2,1-2H3,(H,19,20). The van der Waals surface area contributed by atoms with Crippen LogP contribution in [0.3, 0.4) is 0 Å². The lowest BCUT2D eigenvalue weighted by atomic mass is 10.2. The van der Waals surface area contributed by atoms with E-state index < -0.39 is 0 Å². The summed E-state index contributed by atoms with van der Waals surface area (Å²) in [6.45, 7) is 3.31. The van der Waals surface area contributed by atoms with Crippen LogP contribution >= 0.6 is 11.6 Å². The van der Waals surface area contributed by atoms with E-state index in [9.17, 15) is 4.79 Å². The summed E-state index contributed by atoms with van der Waals surface area (Å²) in [7, 11) is 1.63. The van der Waals surface area contributed by atoms with Crippen molar-refractivity contribution in [2.24, 2.45) is 0 Å². The zero-order valence-electron chi connectivity index (χ0n) is 13.2. The van der Waals surface area contributed by atoms with Crippen molar-refractivity contribution in [2.45, 2.75) is 20.0 Å². The second kappa shape index (κ2) is 8.60. The number of hydrogen-bond acceptors (Lipinski definition) is 4. The Hall–Kier alpha value is -1.98. The average Bonchev–Trinajstić information content (AvgIpc) is 3.01. The molecule has 1 aromatic carbocycles. The number of aryl methyl sites for hydroxylation is 1. The van der Waals surface area contributed by atoms with E-state index in [1.807, 2.05) is 13.0 Å². The number of amides is 1. The third kappa shape index (κ3) is 5.30. The SMILES string of the molecule is COCCCNC(=O)c1ccc(COc2ccc(Cl)c(C)c2)o1. The number of carbonyl (C=O) groups excluding carboxylic acids is 1. The molecule has 1 aromatic heterocycles. The van der Waals surface area contributed by atoms with Crippen molar-refractivity contribution in [1.82, 2.24) is 5.32 Å². The van der Waals surface area contributed by atoms with Gasteiger partial charge in [-0.05, 0) is 49.2 Å². The Morgan fingerprint density at radius 3 is 2.87 bits per heavy atom. The smallest absolute Gasteiger partial charge is 0.286 e. The molecule has 1 heterocycles. The van der Waals surface area contributed by atoms with Crippen molar-refractivity contribution in [3.8, 4) is 5.75 Å². The second-order valence-electron chi connectivity index (χ2n) is 5.07. The van der Waals surface area contributed by atoms with E-state index in [1.165, 1.54) is 0 Å². The molecule has 0 saturated heterocycles. The van der Waals surface area contributed by atoms with Crippen LogP contribution in [0.4, 0.5) is 0 Å². The van der Waals surface area contributed by atoms with E-state index >= 15 is 0 Å². The van der Waals surface area contributed by atoms with E-state index in [-0.39, 0.29) is 18.3 Å². The molecule has 0 aliphatic heterocycles. The first-order valence-corrected chi connectivity index (χ1v) is 7.72. The third-order valence-corrected chi connectivity index (χ3v) is 3.63. The third-order valence-electron chi connectivity index (χ3n) is 3.21. The van der Waals surface area contributed by atoms with Gasteiger partial charge >= 0.3 is 0 Å². The predicted molar refractivity (Wildman–Crippen MR) is 88.1 cm³/mol. The Bertz CT molecular complexity index is 654. The van der Waals surface area contributed by atoms with Crippen molar-refractivity contribution < 1.29 is 18.7 Å². The first-order valence-electron chi connectivity index (χ1n) is 7.35. The van der Waals surface area contributed by atoms with Gasteiger partial charge in [-0.15, -0.1) is 0 Å². The number of nitrogens with one attached hydrogen (secondary N) is 1. The topological polar surface area (TPSA) is 60.7 Å². The lowest BCUT2D eigenvalue weighted by Gasteiger charge is -2.06. The molecule has 0 atom stereocenters. The van der Waals surface area contributed by atoms with Gasteiger partial charge in [-0.1, -0.05) is 11.6 Å². The normalized spacial score (nSPS) is 10.6. The van der Waals surface area contributed by atoms with Crippen LogP contribution in [-0.2, 0) is 11.3 Å². The Morgan fingerprint density at radius 1 is 1.30 bits per heavy atom. The largest absolute Gasteiger partial charge is 0.486 e. The number of hydrogen-bond donors (Lipinski definition) is 1. The fourth-order valence-electron chi connectivity index (χ4n) is 1.94. The molecule has 0 bridgehead atoms. The van der Waals surface area contributed by atoms with Crippen LogP contribution in [0.1, 0.15) is 28.3 Å². The highest BCUT2D eigenvalue weighted by molar-refractivity contribution is 6.31. The van der Waals surface area contributed by atoms with Gasteiger partial charge in [0.05, 0.1) is 0 Å². The molecule has 2 rings (SSSR count). The van der Waals surface area contributed by atoms with Crippen LogP contribution < -0.4 is 10.1 Å². The van der Waals surface area contributed by atoms with Gasteiger partial charge in [-0.2, -0.15) is 0 Å². The molecule has 0 spiro atoms. The van der Waals surface area contributed by atoms with Crippen LogP contribution in [0.2, 0.25) is 5.02 Å². The highest BCUT2D eigenvalue weighted by Gasteiger charge is 2.11. The van der Waals surface area contributed by atoms with E-state index in [1.54, 1.807) is 31.4 Å². The number of carbonyl (C=O) groups is 1. The number of furan rings is 1. The summed E-state index contributed by atoms with van der Waals surface area (Å²) in [5.74, 6) is 1.32. The lowest BCUT2D eigenvalue weighted by Crippen LogP contribution is -2.24.